The Bertz CT molecular complexity index is 798. The summed E-state index contributed by atoms with van der Waals surface area (Å²) in [5, 5.41) is 3.87. The number of para-hydroxylation sites is 1. The van der Waals surface area contributed by atoms with Crippen LogP contribution in [0.3, 0.4) is 0 Å². The summed E-state index contributed by atoms with van der Waals surface area (Å²) in [6.07, 6.45) is 0. The van der Waals surface area contributed by atoms with E-state index in [1.54, 1.807) is 18.2 Å². The van der Waals surface area contributed by atoms with Gasteiger partial charge in [0.1, 0.15) is 17.2 Å². The van der Waals surface area contributed by atoms with Crippen molar-refractivity contribution in [3.05, 3.63) is 66.2 Å². The highest BCUT2D eigenvalue weighted by atomic mass is 32.2. The highest BCUT2D eigenvalue weighted by molar-refractivity contribution is 8.00. The number of amides is 1. The number of benzene rings is 2. The molecule has 0 aliphatic heterocycles. The van der Waals surface area contributed by atoms with Crippen LogP contribution in [0.5, 0.6) is 0 Å². The summed E-state index contributed by atoms with van der Waals surface area (Å²) >= 11 is 1.18. The lowest BCUT2D eigenvalue weighted by Gasteiger charge is -2.11. The van der Waals surface area contributed by atoms with E-state index in [0.29, 0.717) is 10.7 Å². The molecule has 2 aromatic carbocycles. The monoisotopic (exact) mass is 329 g/mol. The van der Waals surface area contributed by atoms with Crippen molar-refractivity contribution >= 4 is 28.6 Å². The second-order valence-electron chi connectivity index (χ2n) is 5.19. The van der Waals surface area contributed by atoms with E-state index in [2.05, 4.69) is 5.32 Å². The van der Waals surface area contributed by atoms with Crippen molar-refractivity contribution in [2.75, 3.05) is 5.75 Å². The molecule has 0 fully saturated rings. The molecule has 3 rings (SSSR count). The zero-order chi connectivity index (χ0) is 16.2. The summed E-state index contributed by atoms with van der Waals surface area (Å²) in [5.41, 5.74) is 0.796. The number of hydrogen-bond donors (Lipinski definition) is 1. The molecular formula is C18H16FNO2S. The fourth-order valence-corrected chi connectivity index (χ4v) is 3.03. The van der Waals surface area contributed by atoms with Gasteiger partial charge < -0.3 is 9.73 Å². The van der Waals surface area contributed by atoms with E-state index in [1.165, 1.54) is 17.8 Å². The van der Waals surface area contributed by atoms with Gasteiger partial charge in [-0.3, -0.25) is 4.79 Å². The quantitative estimate of drug-likeness (QED) is 0.699. The van der Waals surface area contributed by atoms with Gasteiger partial charge >= 0.3 is 0 Å². The third-order valence-electron chi connectivity index (χ3n) is 3.44. The van der Waals surface area contributed by atoms with Gasteiger partial charge in [0, 0.05) is 10.3 Å². The highest BCUT2D eigenvalue weighted by Gasteiger charge is 2.14. The van der Waals surface area contributed by atoms with Gasteiger partial charge in [0.2, 0.25) is 5.91 Å². The topological polar surface area (TPSA) is 42.2 Å². The van der Waals surface area contributed by atoms with Gasteiger partial charge in [0.15, 0.2) is 0 Å². The van der Waals surface area contributed by atoms with Crippen molar-refractivity contribution in [1.82, 2.24) is 5.32 Å². The van der Waals surface area contributed by atoms with Gasteiger partial charge in [-0.2, -0.15) is 0 Å². The van der Waals surface area contributed by atoms with Crippen molar-refractivity contribution in [2.24, 2.45) is 0 Å². The van der Waals surface area contributed by atoms with E-state index >= 15 is 0 Å². The van der Waals surface area contributed by atoms with Crippen LogP contribution in [0.4, 0.5) is 4.39 Å². The average molecular weight is 329 g/mol. The Morgan fingerprint density at radius 2 is 1.96 bits per heavy atom. The molecule has 118 valence electrons. The molecule has 0 aliphatic carbocycles. The van der Waals surface area contributed by atoms with Gasteiger partial charge in [-0.25, -0.2) is 4.39 Å². The molecule has 3 aromatic rings. The Balaban J connectivity index is 1.60. The molecule has 0 saturated carbocycles. The minimum absolute atomic E-state index is 0.158. The molecule has 1 heterocycles. The minimum Gasteiger partial charge on any atom is -0.459 e. The van der Waals surface area contributed by atoms with E-state index in [4.69, 9.17) is 4.42 Å². The summed E-state index contributed by atoms with van der Waals surface area (Å²) in [6.45, 7) is 1.86. The van der Waals surface area contributed by atoms with Crippen LogP contribution in [0.2, 0.25) is 0 Å². The summed E-state index contributed by atoms with van der Waals surface area (Å²) in [6, 6.07) is 15.8. The molecule has 1 N–H and O–H groups in total. The number of nitrogens with one attached hydrogen (secondary N) is 1. The predicted octanol–water partition coefficient (Wildman–Crippen LogP) is 4.54. The second-order valence-corrected chi connectivity index (χ2v) is 6.21. The molecule has 1 amide bonds. The first kappa shape index (κ1) is 15.6. The molecule has 0 bridgehead atoms. The van der Waals surface area contributed by atoms with E-state index in [1.807, 2.05) is 37.3 Å². The average Bonchev–Trinajstić information content (AvgIpc) is 2.98. The maximum Gasteiger partial charge on any atom is 0.230 e. The normalized spacial score (nSPS) is 12.3. The summed E-state index contributed by atoms with van der Waals surface area (Å²) < 4.78 is 19.2. The Morgan fingerprint density at radius 3 is 2.74 bits per heavy atom. The standard InChI is InChI=1S/C18H16FNO2S/c1-12(16-10-13-6-2-4-8-15(13)22-16)20-18(21)11-23-17-9-5-3-7-14(17)19/h2-10,12H,11H2,1H3,(H,20,21)/t12-/m0/s1. The number of halogens is 1. The Morgan fingerprint density at radius 1 is 1.22 bits per heavy atom. The number of carbonyl (C=O) groups is 1. The number of rotatable bonds is 5. The number of hydrogen-bond acceptors (Lipinski definition) is 3. The lowest BCUT2D eigenvalue weighted by atomic mass is 10.2. The zero-order valence-corrected chi connectivity index (χ0v) is 13.4. The maximum atomic E-state index is 13.5. The molecule has 0 saturated heterocycles. The van der Waals surface area contributed by atoms with Gasteiger partial charge in [-0.05, 0) is 31.2 Å². The van der Waals surface area contributed by atoms with Crippen molar-refractivity contribution in [3.8, 4) is 0 Å². The molecule has 0 aliphatic rings. The maximum absolute atomic E-state index is 13.5. The summed E-state index contributed by atoms with van der Waals surface area (Å²) in [7, 11) is 0. The molecular weight excluding hydrogens is 313 g/mol. The van der Waals surface area contributed by atoms with Crippen LogP contribution >= 0.6 is 11.8 Å². The van der Waals surface area contributed by atoms with Gasteiger partial charge in [0.05, 0.1) is 11.8 Å². The van der Waals surface area contributed by atoms with Crippen molar-refractivity contribution < 1.29 is 13.6 Å². The molecule has 0 radical (unpaired) electrons. The first-order chi connectivity index (χ1) is 11.1. The van der Waals surface area contributed by atoms with Gasteiger partial charge in [-0.1, -0.05) is 30.3 Å². The molecule has 1 atom stereocenters. The summed E-state index contributed by atoms with van der Waals surface area (Å²) in [4.78, 5) is 12.5. The molecule has 0 unspecified atom stereocenters. The third kappa shape index (κ3) is 3.74. The molecule has 3 nitrogen and oxygen atoms in total. The van der Waals surface area contributed by atoms with Crippen molar-refractivity contribution in [2.45, 2.75) is 17.9 Å². The number of fused-ring (bicyclic) bond motifs is 1. The van der Waals surface area contributed by atoms with Crippen LogP contribution in [0.15, 0.2) is 63.9 Å². The largest absolute Gasteiger partial charge is 0.459 e. The molecule has 23 heavy (non-hydrogen) atoms. The van der Waals surface area contributed by atoms with Crippen molar-refractivity contribution in [1.29, 1.82) is 0 Å². The van der Waals surface area contributed by atoms with Crippen LogP contribution in [0, 0.1) is 5.82 Å². The Labute approximate surface area is 137 Å². The van der Waals surface area contributed by atoms with E-state index in [-0.39, 0.29) is 23.5 Å². The van der Waals surface area contributed by atoms with E-state index < -0.39 is 0 Å². The molecule has 0 spiro atoms. The van der Waals surface area contributed by atoms with Gasteiger partial charge in [-0.15, -0.1) is 11.8 Å². The smallest absolute Gasteiger partial charge is 0.230 e. The Kier molecular flexibility index (Phi) is 4.67. The van der Waals surface area contributed by atoms with Crippen LogP contribution in [0.1, 0.15) is 18.7 Å². The minimum atomic E-state index is -0.310. The van der Waals surface area contributed by atoms with Crippen LogP contribution in [-0.4, -0.2) is 11.7 Å². The molecule has 5 heteroatoms. The first-order valence-corrected chi connectivity index (χ1v) is 8.27. The second kappa shape index (κ2) is 6.87. The third-order valence-corrected chi connectivity index (χ3v) is 4.49. The SMILES string of the molecule is C[C@H](NC(=O)CSc1ccccc1F)c1cc2ccccc2o1. The van der Waals surface area contributed by atoms with E-state index in [0.717, 1.165) is 11.0 Å². The number of furan rings is 1. The Hall–Kier alpha value is -2.27. The van der Waals surface area contributed by atoms with Crippen LogP contribution < -0.4 is 5.32 Å². The van der Waals surface area contributed by atoms with Crippen LogP contribution in [0.25, 0.3) is 11.0 Å². The highest BCUT2D eigenvalue weighted by Crippen LogP contribution is 2.24. The van der Waals surface area contributed by atoms with Gasteiger partial charge in [0.25, 0.3) is 0 Å². The number of carbonyl (C=O) groups excluding carboxylic acids is 1. The van der Waals surface area contributed by atoms with E-state index in [9.17, 15) is 9.18 Å². The first-order valence-electron chi connectivity index (χ1n) is 7.28. The zero-order valence-electron chi connectivity index (χ0n) is 12.6. The lowest BCUT2D eigenvalue weighted by Crippen LogP contribution is -2.27. The van der Waals surface area contributed by atoms with Crippen molar-refractivity contribution in [3.63, 3.8) is 0 Å². The number of thioether (sulfide) groups is 1. The fraction of sp³-hybridized carbons (Fsp3) is 0.167. The van der Waals surface area contributed by atoms with Crippen LogP contribution in [-0.2, 0) is 4.79 Å². The summed E-state index contributed by atoms with van der Waals surface area (Å²) in [5.74, 6) is 0.392. The molecule has 1 aromatic heterocycles. The lowest BCUT2D eigenvalue weighted by molar-refractivity contribution is -0.119. The predicted molar refractivity (Wildman–Crippen MR) is 89.9 cm³/mol. The fourth-order valence-electron chi connectivity index (χ4n) is 2.28.